The maximum absolute atomic E-state index is 11.2. The predicted molar refractivity (Wildman–Crippen MR) is 98.7 cm³/mol. The van der Waals surface area contributed by atoms with Crippen LogP contribution < -0.4 is 10.0 Å². The Morgan fingerprint density at radius 1 is 1.12 bits per heavy atom. The first-order chi connectivity index (χ1) is 12.0. The van der Waals surface area contributed by atoms with Crippen molar-refractivity contribution < 1.29 is 9.90 Å². The van der Waals surface area contributed by atoms with Gasteiger partial charge in [0, 0.05) is 13.1 Å². The van der Waals surface area contributed by atoms with Crippen molar-refractivity contribution in [2.24, 2.45) is 5.92 Å². The molecule has 25 heavy (non-hydrogen) atoms. The highest BCUT2D eigenvalue weighted by Gasteiger charge is 2.26. The summed E-state index contributed by atoms with van der Waals surface area (Å²) in [4.78, 5) is 16.9. The number of benzene rings is 1. The summed E-state index contributed by atoms with van der Waals surface area (Å²) in [6, 6.07) is 10.4. The Balaban J connectivity index is 1.76. The number of anilines is 1. The quantitative estimate of drug-likeness (QED) is 0.734. The summed E-state index contributed by atoms with van der Waals surface area (Å²) in [6.07, 6.45) is 2.95. The maximum atomic E-state index is 11.2. The molecule has 1 aliphatic rings. The predicted octanol–water partition coefficient (Wildman–Crippen LogP) is 3.86. The van der Waals surface area contributed by atoms with Crippen molar-refractivity contribution in [1.82, 2.24) is 4.98 Å². The van der Waals surface area contributed by atoms with Crippen molar-refractivity contribution in [3.8, 4) is 0 Å². The topological polar surface area (TPSA) is 56.3 Å². The number of carboxylic acids is 1. The van der Waals surface area contributed by atoms with Gasteiger partial charge in [0.25, 0.3) is 0 Å². The third kappa shape index (κ3) is 4.02. The molecule has 0 aliphatic carbocycles. The number of nitrogens with zero attached hydrogens (tertiary/aromatic N) is 2. The van der Waals surface area contributed by atoms with Gasteiger partial charge in [-0.3, -0.25) is 0 Å². The van der Waals surface area contributed by atoms with Crippen molar-refractivity contribution in [2.45, 2.75) is 19.3 Å². The number of carbonyl (C=O) groups excluding carboxylic acids is 1. The maximum Gasteiger partial charge on any atom is 0.150 e. The number of halogens is 3. The number of rotatable bonds is 4. The molecule has 7 heteroatoms. The molecule has 1 aromatic carbocycles. The highest BCUT2D eigenvalue weighted by Crippen LogP contribution is 2.41. The highest BCUT2D eigenvalue weighted by atomic mass is 35.5. The van der Waals surface area contributed by atoms with Crippen LogP contribution >= 0.6 is 34.8 Å². The van der Waals surface area contributed by atoms with Gasteiger partial charge in [-0.25, -0.2) is 4.98 Å². The Morgan fingerprint density at radius 3 is 2.36 bits per heavy atom. The molecule has 2 heterocycles. The van der Waals surface area contributed by atoms with E-state index in [1.54, 1.807) is 0 Å². The molecule has 4 nitrogen and oxygen atoms in total. The van der Waals surface area contributed by atoms with Crippen LogP contribution in [0.4, 0.5) is 5.69 Å². The number of hydrogen-bond donors (Lipinski definition) is 0. The molecule has 3 rings (SSSR count). The monoisotopic (exact) mass is 397 g/mol. The lowest BCUT2D eigenvalue weighted by atomic mass is 9.90. The van der Waals surface area contributed by atoms with Crippen LogP contribution in [0, 0.1) is 5.92 Å². The summed E-state index contributed by atoms with van der Waals surface area (Å²) in [5.41, 5.74) is 1.38. The molecular weight excluding hydrogens is 383 g/mol. The number of aromatic nitrogens is 1. The zero-order valence-electron chi connectivity index (χ0n) is 13.3. The highest BCUT2D eigenvalue weighted by molar-refractivity contribution is 6.46. The second kappa shape index (κ2) is 7.81. The van der Waals surface area contributed by atoms with Crippen LogP contribution in [-0.4, -0.2) is 24.0 Å². The molecule has 0 saturated carbocycles. The van der Waals surface area contributed by atoms with Gasteiger partial charge in [0.15, 0.2) is 5.15 Å². The van der Waals surface area contributed by atoms with E-state index in [1.165, 1.54) is 5.56 Å². The third-order valence-electron chi connectivity index (χ3n) is 4.51. The molecule has 1 aromatic heterocycles. The van der Waals surface area contributed by atoms with Crippen LogP contribution in [0.3, 0.4) is 0 Å². The minimum Gasteiger partial charge on any atom is -0.543 e. The zero-order chi connectivity index (χ0) is 18.0. The van der Waals surface area contributed by atoms with E-state index in [9.17, 15) is 9.90 Å². The smallest absolute Gasteiger partial charge is 0.150 e. The van der Waals surface area contributed by atoms with Crippen molar-refractivity contribution in [3.05, 3.63) is 56.8 Å². The summed E-state index contributed by atoms with van der Waals surface area (Å²) >= 11 is 18.4. The average Bonchev–Trinajstić information content (AvgIpc) is 2.60. The van der Waals surface area contributed by atoms with Gasteiger partial charge in [-0.1, -0.05) is 65.1 Å². The second-order valence-corrected chi connectivity index (χ2v) is 7.25. The van der Waals surface area contributed by atoms with Gasteiger partial charge in [-0.15, -0.1) is 0 Å². The first kappa shape index (κ1) is 18.3. The van der Waals surface area contributed by atoms with E-state index in [-0.39, 0.29) is 20.9 Å². The van der Waals surface area contributed by atoms with E-state index in [2.05, 4.69) is 17.1 Å². The Labute approximate surface area is 161 Å². The largest absolute Gasteiger partial charge is 0.543 e. The standard InChI is InChI=1S/C18H17Cl3N2O2/c19-13-15(18(24)25)22-17(21)14(20)16(13)23-8-6-12(7-9-23)10-11-4-2-1-3-5-11/h1-5,12H,6-10H2,(H,24,25)/p-1. The van der Waals surface area contributed by atoms with Crippen molar-refractivity contribution in [2.75, 3.05) is 18.0 Å². The number of carboxylic acid groups (broad SMARTS) is 1. The zero-order valence-corrected chi connectivity index (χ0v) is 15.6. The first-order valence-corrected chi connectivity index (χ1v) is 9.15. The molecule has 132 valence electrons. The van der Waals surface area contributed by atoms with Crippen molar-refractivity contribution in [1.29, 1.82) is 0 Å². The molecule has 1 saturated heterocycles. The normalized spacial score (nSPS) is 15.4. The fourth-order valence-corrected chi connectivity index (χ4v) is 4.04. The third-order valence-corrected chi connectivity index (χ3v) is 5.59. The molecule has 0 unspecified atom stereocenters. The SMILES string of the molecule is O=C([O-])c1nc(Cl)c(Cl)c(N2CCC(Cc3ccccc3)CC2)c1Cl. The molecule has 0 bridgehead atoms. The van der Waals surface area contributed by atoms with E-state index in [0.717, 1.165) is 32.4 Å². The summed E-state index contributed by atoms with van der Waals surface area (Å²) in [5, 5.41) is 11.3. The van der Waals surface area contributed by atoms with Gasteiger partial charge in [0.1, 0.15) is 10.7 Å². The number of aromatic carboxylic acids is 1. The van der Waals surface area contributed by atoms with E-state index < -0.39 is 5.97 Å². The van der Waals surface area contributed by atoms with Crippen LogP contribution in [0.15, 0.2) is 30.3 Å². The van der Waals surface area contributed by atoms with Crippen LogP contribution in [0.1, 0.15) is 28.9 Å². The average molecular weight is 399 g/mol. The lowest BCUT2D eigenvalue weighted by Crippen LogP contribution is -2.35. The number of pyridine rings is 1. The van der Waals surface area contributed by atoms with Gasteiger partial charge in [-0.2, -0.15) is 0 Å². The first-order valence-electron chi connectivity index (χ1n) is 8.02. The van der Waals surface area contributed by atoms with Crippen LogP contribution in [0.25, 0.3) is 0 Å². The molecule has 0 N–H and O–H groups in total. The molecule has 1 fully saturated rings. The fraction of sp³-hybridized carbons (Fsp3) is 0.333. The lowest BCUT2D eigenvalue weighted by molar-refractivity contribution is -0.255. The molecule has 0 amide bonds. The Bertz CT molecular complexity index is 776. The molecule has 1 aliphatic heterocycles. The Kier molecular flexibility index (Phi) is 5.72. The van der Waals surface area contributed by atoms with Gasteiger partial charge in [0.05, 0.1) is 16.7 Å². The summed E-state index contributed by atoms with van der Waals surface area (Å²) in [5.74, 6) is -0.905. The van der Waals surface area contributed by atoms with Crippen LogP contribution in [0.5, 0.6) is 0 Å². The number of carbonyl (C=O) groups is 1. The van der Waals surface area contributed by atoms with Gasteiger partial charge < -0.3 is 14.8 Å². The van der Waals surface area contributed by atoms with Crippen LogP contribution in [-0.2, 0) is 6.42 Å². The number of hydrogen-bond acceptors (Lipinski definition) is 4. The van der Waals surface area contributed by atoms with E-state index in [0.29, 0.717) is 11.6 Å². The minimum atomic E-state index is -1.47. The van der Waals surface area contributed by atoms with Gasteiger partial charge in [0.2, 0.25) is 0 Å². The molecule has 2 aromatic rings. The van der Waals surface area contributed by atoms with Crippen molar-refractivity contribution >= 4 is 46.5 Å². The second-order valence-electron chi connectivity index (χ2n) is 6.14. The minimum absolute atomic E-state index is 0.0177. The van der Waals surface area contributed by atoms with Crippen molar-refractivity contribution in [3.63, 3.8) is 0 Å². The lowest BCUT2D eigenvalue weighted by Gasteiger charge is -2.35. The molecule has 0 atom stereocenters. The summed E-state index contributed by atoms with van der Waals surface area (Å²) < 4.78 is 0. The fourth-order valence-electron chi connectivity index (χ4n) is 3.22. The van der Waals surface area contributed by atoms with E-state index in [4.69, 9.17) is 34.8 Å². The molecular formula is C18H16Cl3N2O2-. The van der Waals surface area contributed by atoms with Gasteiger partial charge >= 0.3 is 0 Å². The molecule has 0 spiro atoms. The Hall–Kier alpha value is -1.49. The van der Waals surface area contributed by atoms with E-state index in [1.807, 2.05) is 23.1 Å². The summed E-state index contributed by atoms with van der Waals surface area (Å²) in [7, 11) is 0. The Morgan fingerprint density at radius 2 is 1.76 bits per heavy atom. The summed E-state index contributed by atoms with van der Waals surface area (Å²) in [6.45, 7) is 1.45. The van der Waals surface area contributed by atoms with Crippen LogP contribution in [0.2, 0.25) is 15.2 Å². The number of piperidine rings is 1. The van der Waals surface area contributed by atoms with Gasteiger partial charge in [-0.05, 0) is 30.7 Å². The van der Waals surface area contributed by atoms with E-state index >= 15 is 0 Å². The molecule has 0 radical (unpaired) electrons.